The average molecular weight is 412 g/mol. The fraction of sp³-hybridized carbons (Fsp3) is 0.600. The average Bonchev–Trinajstić information content (AvgIpc) is 3.11. The van der Waals surface area contributed by atoms with Crippen molar-refractivity contribution in [3.05, 3.63) is 41.1 Å². The highest BCUT2D eigenvalue weighted by molar-refractivity contribution is 5.91. The number of nitrogens with one attached hydrogen (secondary N) is 2. The van der Waals surface area contributed by atoms with Crippen molar-refractivity contribution in [3.8, 4) is 0 Å². The van der Waals surface area contributed by atoms with Gasteiger partial charge in [0.05, 0.1) is 6.54 Å². The fourth-order valence-corrected chi connectivity index (χ4v) is 4.22. The number of halogens is 3. The zero-order valence-electron chi connectivity index (χ0n) is 17.3. The van der Waals surface area contributed by atoms with Gasteiger partial charge in [-0.15, -0.1) is 0 Å². The SMILES string of the molecule is Cc1cc(C(F)(F)F)nn1Cc1ccc(C(=O)NC2CC(C)(C)NC(C)(C)C2)o1. The Hall–Kier alpha value is -2.29. The standard InChI is InChI=1S/C20H27F3N4O2/c1-12-8-16(20(21,22)23)25-27(12)11-14-6-7-15(29-14)17(28)24-13-9-18(2,3)26-19(4,5)10-13/h6-8,13,26H,9-11H2,1-5H3,(H,24,28). The van der Waals surface area contributed by atoms with E-state index in [-0.39, 0.29) is 35.3 Å². The number of piperidine rings is 1. The lowest BCUT2D eigenvalue weighted by atomic mass is 9.79. The number of carbonyl (C=O) groups excluding carboxylic acids is 1. The molecule has 0 aromatic carbocycles. The van der Waals surface area contributed by atoms with E-state index in [1.807, 2.05) is 0 Å². The maximum Gasteiger partial charge on any atom is 0.435 e. The highest BCUT2D eigenvalue weighted by Gasteiger charge is 2.38. The van der Waals surface area contributed by atoms with Crippen LogP contribution in [0.4, 0.5) is 13.2 Å². The van der Waals surface area contributed by atoms with Crippen LogP contribution in [0.3, 0.4) is 0 Å². The summed E-state index contributed by atoms with van der Waals surface area (Å²) in [6.07, 6.45) is -2.94. The number of hydrogen-bond donors (Lipinski definition) is 2. The van der Waals surface area contributed by atoms with Crippen molar-refractivity contribution in [1.82, 2.24) is 20.4 Å². The molecule has 2 aromatic heterocycles. The van der Waals surface area contributed by atoms with E-state index in [1.54, 1.807) is 13.0 Å². The summed E-state index contributed by atoms with van der Waals surface area (Å²) in [4.78, 5) is 12.6. The van der Waals surface area contributed by atoms with Crippen LogP contribution in [0.5, 0.6) is 0 Å². The Labute approximate surface area is 167 Å². The van der Waals surface area contributed by atoms with Gasteiger partial charge < -0.3 is 15.1 Å². The number of carbonyl (C=O) groups is 1. The molecular weight excluding hydrogens is 385 g/mol. The Morgan fingerprint density at radius 3 is 2.45 bits per heavy atom. The third-order valence-corrected chi connectivity index (χ3v) is 4.99. The molecule has 0 bridgehead atoms. The third-order valence-electron chi connectivity index (χ3n) is 4.99. The number of aromatic nitrogens is 2. The summed E-state index contributed by atoms with van der Waals surface area (Å²) >= 11 is 0. The number of alkyl halides is 3. The van der Waals surface area contributed by atoms with E-state index >= 15 is 0 Å². The molecule has 1 aliphatic heterocycles. The quantitative estimate of drug-likeness (QED) is 0.799. The zero-order chi connectivity index (χ0) is 21.6. The number of furan rings is 1. The molecular formula is C20H27F3N4O2. The molecule has 1 aliphatic rings. The Morgan fingerprint density at radius 2 is 1.90 bits per heavy atom. The number of nitrogens with zero attached hydrogens (tertiary/aromatic N) is 2. The van der Waals surface area contributed by atoms with Gasteiger partial charge in [-0.05, 0) is 65.7 Å². The summed E-state index contributed by atoms with van der Waals surface area (Å²) in [5, 5.41) is 10.2. The molecule has 2 aromatic rings. The second kappa shape index (κ2) is 7.19. The van der Waals surface area contributed by atoms with Gasteiger partial charge in [0.15, 0.2) is 11.5 Å². The van der Waals surface area contributed by atoms with E-state index in [1.165, 1.54) is 10.7 Å². The lowest BCUT2D eigenvalue weighted by Gasteiger charge is -2.46. The molecule has 0 radical (unpaired) electrons. The van der Waals surface area contributed by atoms with Gasteiger partial charge in [-0.25, -0.2) is 0 Å². The van der Waals surface area contributed by atoms with E-state index in [2.05, 4.69) is 43.4 Å². The molecule has 0 atom stereocenters. The lowest BCUT2D eigenvalue weighted by Crippen LogP contribution is -2.62. The minimum Gasteiger partial charge on any atom is -0.454 e. The minimum absolute atomic E-state index is 0.00926. The summed E-state index contributed by atoms with van der Waals surface area (Å²) < 4.78 is 45.2. The Bertz CT molecular complexity index is 880. The molecule has 1 saturated heterocycles. The van der Waals surface area contributed by atoms with Gasteiger partial charge in [0.25, 0.3) is 5.91 Å². The van der Waals surface area contributed by atoms with Crippen molar-refractivity contribution in [3.63, 3.8) is 0 Å². The second-order valence-corrected chi connectivity index (χ2v) is 9.06. The van der Waals surface area contributed by atoms with Gasteiger partial charge in [-0.1, -0.05) is 0 Å². The molecule has 0 unspecified atom stereocenters. The summed E-state index contributed by atoms with van der Waals surface area (Å²) in [5.41, 5.74) is -0.807. The first kappa shape index (κ1) is 21.4. The van der Waals surface area contributed by atoms with E-state index in [0.29, 0.717) is 11.5 Å². The first-order valence-electron chi connectivity index (χ1n) is 9.55. The van der Waals surface area contributed by atoms with Gasteiger partial charge in [0.2, 0.25) is 0 Å². The smallest absolute Gasteiger partial charge is 0.435 e. The van der Waals surface area contributed by atoms with Crippen molar-refractivity contribution in [2.45, 2.75) is 77.3 Å². The van der Waals surface area contributed by atoms with Gasteiger partial charge in [-0.2, -0.15) is 18.3 Å². The first-order chi connectivity index (χ1) is 13.2. The molecule has 0 saturated carbocycles. The molecule has 1 fully saturated rings. The van der Waals surface area contributed by atoms with Crippen molar-refractivity contribution >= 4 is 5.91 Å². The number of rotatable bonds is 4. The van der Waals surface area contributed by atoms with Crippen LogP contribution in [0.2, 0.25) is 0 Å². The van der Waals surface area contributed by atoms with E-state index in [4.69, 9.17) is 4.42 Å². The lowest BCUT2D eigenvalue weighted by molar-refractivity contribution is -0.141. The Kier molecular flexibility index (Phi) is 5.31. The van der Waals surface area contributed by atoms with Crippen molar-refractivity contribution in [2.75, 3.05) is 0 Å². The maximum atomic E-state index is 12.8. The van der Waals surface area contributed by atoms with E-state index < -0.39 is 11.9 Å². The second-order valence-electron chi connectivity index (χ2n) is 9.06. The van der Waals surface area contributed by atoms with Gasteiger partial charge in [-0.3, -0.25) is 9.48 Å². The Morgan fingerprint density at radius 1 is 1.28 bits per heavy atom. The fourth-order valence-electron chi connectivity index (χ4n) is 4.22. The van der Waals surface area contributed by atoms with Crippen molar-refractivity contribution in [2.24, 2.45) is 0 Å². The molecule has 160 valence electrons. The van der Waals surface area contributed by atoms with Gasteiger partial charge in [0, 0.05) is 22.8 Å². The molecule has 2 N–H and O–H groups in total. The van der Waals surface area contributed by atoms with Crippen LogP contribution in [0.15, 0.2) is 22.6 Å². The van der Waals surface area contributed by atoms with Gasteiger partial charge >= 0.3 is 6.18 Å². The summed E-state index contributed by atoms with van der Waals surface area (Å²) in [6.45, 7) is 9.95. The molecule has 0 spiro atoms. The highest BCUT2D eigenvalue weighted by Crippen LogP contribution is 2.30. The van der Waals surface area contributed by atoms with E-state index in [9.17, 15) is 18.0 Å². The summed E-state index contributed by atoms with van der Waals surface area (Å²) in [5.74, 6) is 0.166. The van der Waals surface area contributed by atoms with Crippen LogP contribution in [-0.2, 0) is 12.7 Å². The van der Waals surface area contributed by atoms with Gasteiger partial charge in [0.1, 0.15) is 5.76 Å². The number of amides is 1. The normalized spacial score (nSPS) is 19.3. The molecule has 3 rings (SSSR count). The monoisotopic (exact) mass is 412 g/mol. The number of aryl methyl sites for hydroxylation is 1. The topological polar surface area (TPSA) is 72.1 Å². The molecule has 9 heteroatoms. The predicted octanol–water partition coefficient (Wildman–Crippen LogP) is 3.89. The highest BCUT2D eigenvalue weighted by atomic mass is 19.4. The molecule has 1 amide bonds. The zero-order valence-corrected chi connectivity index (χ0v) is 17.3. The first-order valence-corrected chi connectivity index (χ1v) is 9.55. The molecule has 3 heterocycles. The molecule has 6 nitrogen and oxygen atoms in total. The third kappa shape index (κ3) is 5.20. The predicted molar refractivity (Wildman–Crippen MR) is 102 cm³/mol. The summed E-state index contributed by atoms with van der Waals surface area (Å²) in [7, 11) is 0. The Balaban J connectivity index is 1.67. The number of hydrogen-bond acceptors (Lipinski definition) is 4. The minimum atomic E-state index is -4.50. The molecule has 0 aliphatic carbocycles. The molecule has 29 heavy (non-hydrogen) atoms. The maximum absolute atomic E-state index is 12.8. The van der Waals surface area contributed by atoms with Crippen LogP contribution in [0.25, 0.3) is 0 Å². The van der Waals surface area contributed by atoms with E-state index in [0.717, 1.165) is 18.9 Å². The summed E-state index contributed by atoms with van der Waals surface area (Å²) in [6, 6.07) is 4.09. The van der Waals surface area contributed by atoms with Crippen LogP contribution >= 0.6 is 0 Å². The largest absolute Gasteiger partial charge is 0.454 e. The van der Waals surface area contributed by atoms with Crippen LogP contribution in [0.1, 0.15) is 68.2 Å². The van der Waals surface area contributed by atoms with Crippen molar-refractivity contribution < 1.29 is 22.4 Å². The van der Waals surface area contributed by atoms with Crippen LogP contribution in [0, 0.1) is 6.92 Å². The van der Waals surface area contributed by atoms with Crippen LogP contribution in [-0.4, -0.2) is 32.8 Å². The van der Waals surface area contributed by atoms with Crippen molar-refractivity contribution in [1.29, 1.82) is 0 Å². The van der Waals surface area contributed by atoms with Crippen LogP contribution < -0.4 is 10.6 Å².